The Hall–Kier alpha value is -1.56. The van der Waals surface area contributed by atoms with Crippen molar-refractivity contribution in [3.8, 4) is 0 Å². The van der Waals surface area contributed by atoms with Crippen molar-refractivity contribution in [3.63, 3.8) is 0 Å². The number of hydrogen-bond acceptors (Lipinski definition) is 5. The fourth-order valence-electron chi connectivity index (χ4n) is 3.63. The number of alkyl halides is 1. The van der Waals surface area contributed by atoms with Gasteiger partial charge in [0, 0.05) is 25.1 Å². The Morgan fingerprint density at radius 1 is 1.16 bits per heavy atom. The van der Waals surface area contributed by atoms with Gasteiger partial charge in [0.2, 0.25) is 0 Å². The summed E-state index contributed by atoms with van der Waals surface area (Å²) in [7, 11) is 0. The molecular formula is C19H30FN5. The van der Waals surface area contributed by atoms with Gasteiger partial charge in [0.05, 0.1) is 18.0 Å². The summed E-state index contributed by atoms with van der Waals surface area (Å²) in [6.07, 6.45) is 7.49. The quantitative estimate of drug-likeness (QED) is 0.696. The first-order valence-electron chi connectivity index (χ1n) is 9.72. The number of nitrogen functional groups attached to an aromatic ring is 1. The third-order valence-electron chi connectivity index (χ3n) is 5.14. The zero-order valence-corrected chi connectivity index (χ0v) is 15.3. The molecule has 6 heteroatoms. The van der Waals surface area contributed by atoms with Crippen LogP contribution in [0.2, 0.25) is 0 Å². The lowest BCUT2D eigenvalue weighted by molar-refractivity contribution is 0.283. The predicted molar refractivity (Wildman–Crippen MR) is 99.7 cm³/mol. The highest BCUT2D eigenvalue weighted by atomic mass is 19.1. The Morgan fingerprint density at radius 2 is 2.04 bits per heavy atom. The SMILES string of the molecule is CCCCc1nc(N)c2c(n1)C(CCCCCN1CC[C@@H](F)C1)=NC2. The van der Waals surface area contributed by atoms with Crippen LogP contribution >= 0.6 is 0 Å². The second-order valence-corrected chi connectivity index (χ2v) is 7.22. The number of fused-ring (bicyclic) bond motifs is 1. The number of aryl methyl sites for hydroxylation is 1. The summed E-state index contributed by atoms with van der Waals surface area (Å²) in [5.74, 6) is 1.45. The van der Waals surface area contributed by atoms with Crippen molar-refractivity contribution in [2.75, 3.05) is 25.4 Å². The van der Waals surface area contributed by atoms with E-state index < -0.39 is 6.17 Å². The molecule has 25 heavy (non-hydrogen) atoms. The predicted octanol–water partition coefficient (Wildman–Crippen LogP) is 3.31. The molecule has 1 fully saturated rings. The van der Waals surface area contributed by atoms with E-state index >= 15 is 0 Å². The van der Waals surface area contributed by atoms with E-state index in [1.807, 2.05) is 0 Å². The fourth-order valence-corrected chi connectivity index (χ4v) is 3.63. The smallest absolute Gasteiger partial charge is 0.132 e. The lowest BCUT2D eigenvalue weighted by atomic mass is 10.1. The van der Waals surface area contributed by atoms with Crippen molar-refractivity contribution < 1.29 is 4.39 Å². The van der Waals surface area contributed by atoms with Crippen LogP contribution in [-0.2, 0) is 13.0 Å². The first-order valence-corrected chi connectivity index (χ1v) is 9.72. The summed E-state index contributed by atoms with van der Waals surface area (Å²) >= 11 is 0. The summed E-state index contributed by atoms with van der Waals surface area (Å²) in [6.45, 7) is 5.34. The summed E-state index contributed by atoms with van der Waals surface area (Å²) in [6, 6.07) is 0. The number of nitrogens with two attached hydrogens (primary N) is 1. The average molecular weight is 347 g/mol. The molecule has 1 aromatic heterocycles. The minimum absolute atomic E-state index is 0.602. The number of halogens is 1. The lowest BCUT2D eigenvalue weighted by Crippen LogP contribution is -2.22. The number of unbranched alkanes of at least 4 members (excludes halogenated alkanes) is 3. The molecule has 0 unspecified atom stereocenters. The highest BCUT2D eigenvalue weighted by Gasteiger charge is 2.22. The van der Waals surface area contributed by atoms with Crippen LogP contribution in [0, 0.1) is 0 Å². The minimum Gasteiger partial charge on any atom is -0.383 e. The van der Waals surface area contributed by atoms with Gasteiger partial charge in [0.25, 0.3) is 0 Å². The molecule has 2 aliphatic rings. The van der Waals surface area contributed by atoms with Gasteiger partial charge in [0.1, 0.15) is 17.8 Å². The van der Waals surface area contributed by atoms with Gasteiger partial charge in [-0.15, -0.1) is 0 Å². The topological polar surface area (TPSA) is 67.4 Å². The van der Waals surface area contributed by atoms with Gasteiger partial charge in [-0.3, -0.25) is 4.99 Å². The van der Waals surface area contributed by atoms with Crippen molar-refractivity contribution >= 4 is 11.5 Å². The molecule has 0 bridgehead atoms. The maximum atomic E-state index is 13.2. The summed E-state index contributed by atoms with van der Waals surface area (Å²) in [5, 5.41) is 0. The first-order chi connectivity index (χ1) is 12.2. The molecule has 5 nitrogen and oxygen atoms in total. The van der Waals surface area contributed by atoms with E-state index in [1.54, 1.807) is 0 Å². The minimum atomic E-state index is -0.614. The van der Waals surface area contributed by atoms with Crippen LogP contribution in [0.3, 0.4) is 0 Å². The molecule has 2 N–H and O–H groups in total. The molecule has 3 heterocycles. The molecule has 0 aliphatic carbocycles. The monoisotopic (exact) mass is 347 g/mol. The van der Waals surface area contributed by atoms with Crippen LogP contribution in [0.1, 0.15) is 69.0 Å². The first kappa shape index (κ1) is 18.2. The number of aliphatic imine (C=N–C) groups is 1. The van der Waals surface area contributed by atoms with Gasteiger partial charge in [-0.1, -0.05) is 19.8 Å². The zero-order valence-electron chi connectivity index (χ0n) is 15.3. The van der Waals surface area contributed by atoms with Crippen molar-refractivity contribution in [1.29, 1.82) is 0 Å². The standard InChI is InChI=1S/C19H30FN5/c1-2-3-8-17-23-18-15(19(21)24-17)12-22-16(18)7-5-4-6-10-25-11-9-14(20)13-25/h14H,2-13H2,1H3,(H2,21,23,24)/t14-/m1/s1. The maximum Gasteiger partial charge on any atom is 0.132 e. The van der Waals surface area contributed by atoms with E-state index in [-0.39, 0.29) is 0 Å². The maximum absolute atomic E-state index is 13.2. The number of nitrogens with zero attached hydrogens (tertiary/aromatic N) is 4. The van der Waals surface area contributed by atoms with Gasteiger partial charge < -0.3 is 10.6 Å². The molecule has 1 aromatic rings. The van der Waals surface area contributed by atoms with Crippen LogP contribution in [0.5, 0.6) is 0 Å². The molecule has 0 spiro atoms. The second-order valence-electron chi connectivity index (χ2n) is 7.22. The van der Waals surface area contributed by atoms with Crippen molar-refractivity contribution in [1.82, 2.24) is 14.9 Å². The highest BCUT2D eigenvalue weighted by Crippen LogP contribution is 2.25. The Kier molecular flexibility index (Phi) is 6.34. The molecule has 0 aromatic carbocycles. The Bertz CT molecular complexity index is 616. The number of aromatic nitrogens is 2. The molecule has 1 atom stereocenters. The van der Waals surface area contributed by atoms with Crippen LogP contribution in [0.25, 0.3) is 0 Å². The van der Waals surface area contributed by atoms with Crippen LogP contribution in [0.15, 0.2) is 4.99 Å². The van der Waals surface area contributed by atoms with Gasteiger partial charge in [0.15, 0.2) is 0 Å². The number of rotatable bonds is 9. The molecule has 0 radical (unpaired) electrons. The molecule has 0 amide bonds. The van der Waals surface area contributed by atoms with Gasteiger partial charge >= 0.3 is 0 Å². The largest absolute Gasteiger partial charge is 0.383 e. The lowest BCUT2D eigenvalue weighted by Gasteiger charge is -2.14. The van der Waals surface area contributed by atoms with E-state index in [1.165, 1.54) is 0 Å². The normalized spacial score (nSPS) is 20.1. The average Bonchev–Trinajstić information content (AvgIpc) is 3.19. The molecule has 3 rings (SSSR count). The van der Waals surface area contributed by atoms with E-state index in [0.29, 0.717) is 25.3 Å². The molecule has 0 saturated carbocycles. The third-order valence-corrected chi connectivity index (χ3v) is 5.14. The number of hydrogen-bond donors (Lipinski definition) is 1. The van der Waals surface area contributed by atoms with Crippen molar-refractivity contribution in [2.24, 2.45) is 4.99 Å². The van der Waals surface area contributed by atoms with E-state index in [4.69, 9.17) is 10.7 Å². The van der Waals surface area contributed by atoms with Crippen LogP contribution in [-0.4, -0.2) is 46.4 Å². The number of anilines is 1. The Balaban J connectivity index is 1.46. The third kappa shape index (κ3) is 4.75. The van der Waals surface area contributed by atoms with Crippen LogP contribution < -0.4 is 5.73 Å². The van der Waals surface area contributed by atoms with Gasteiger partial charge in [-0.25, -0.2) is 14.4 Å². The van der Waals surface area contributed by atoms with Gasteiger partial charge in [-0.2, -0.15) is 0 Å². The Morgan fingerprint density at radius 3 is 2.80 bits per heavy atom. The van der Waals surface area contributed by atoms with Crippen molar-refractivity contribution in [3.05, 3.63) is 17.1 Å². The molecule has 1 saturated heterocycles. The Labute approximate surface area is 149 Å². The molecule has 138 valence electrons. The summed E-state index contributed by atoms with van der Waals surface area (Å²) in [4.78, 5) is 16.0. The van der Waals surface area contributed by atoms with Gasteiger partial charge in [-0.05, 0) is 38.6 Å². The highest BCUT2D eigenvalue weighted by molar-refractivity contribution is 6.02. The fraction of sp³-hybridized carbons (Fsp3) is 0.737. The zero-order chi connectivity index (χ0) is 17.6. The molecular weight excluding hydrogens is 317 g/mol. The van der Waals surface area contributed by atoms with Crippen LogP contribution in [0.4, 0.5) is 10.2 Å². The van der Waals surface area contributed by atoms with E-state index in [2.05, 4.69) is 21.8 Å². The summed E-state index contributed by atoms with van der Waals surface area (Å²) < 4.78 is 13.2. The number of likely N-dealkylation sites (tertiary alicyclic amines) is 1. The van der Waals surface area contributed by atoms with E-state index in [0.717, 1.165) is 80.8 Å². The second kappa shape index (κ2) is 8.70. The van der Waals surface area contributed by atoms with Crippen molar-refractivity contribution in [2.45, 2.75) is 71.0 Å². The summed E-state index contributed by atoms with van der Waals surface area (Å²) in [5.41, 5.74) is 9.18. The molecule has 2 aliphatic heterocycles. The van der Waals surface area contributed by atoms with E-state index in [9.17, 15) is 4.39 Å².